The minimum Gasteiger partial charge on any atom is -0.321 e. The number of halogens is 1. The van der Waals surface area contributed by atoms with Crippen molar-refractivity contribution < 1.29 is 0 Å². The van der Waals surface area contributed by atoms with Crippen molar-refractivity contribution in [2.75, 3.05) is 27.2 Å². The summed E-state index contributed by atoms with van der Waals surface area (Å²) in [5, 5.41) is 1.99. The largest absolute Gasteiger partial charge is 0.321 e. The fourth-order valence-corrected chi connectivity index (χ4v) is 4.88. The Morgan fingerprint density at radius 2 is 1.79 bits per heavy atom. The topological polar surface area (TPSA) is 39.3 Å². The summed E-state index contributed by atoms with van der Waals surface area (Å²) in [6.07, 6.45) is 2.41. The summed E-state index contributed by atoms with van der Waals surface area (Å²) in [6, 6.07) is 16.4. The second-order valence-corrected chi connectivity index (χ2v) is 9.03. The van der Waals surface area contributed by atoms with E-state index in [-0.39, 0.29) is 5.56 Å². The van der Waals surface area contributed by atoms with Crippen molar-refractivity contribution >= 4 is 34.3 Å². The van der Waals surface area contributed by atoms with Crippen LogP contribution in [0.3, 0.4) is 0 Å². The third kappa shape index (κ3) is 4.13. The van der Waals surface area contributed by atoms with Gasteiger partial charge in [-0.25, -0.2) is 4.31 Å². The Hall–Kier alpha value is -1.79. The lowest BCUT2D eigenvalue weighted by Crippen LogP contribution is -2.39. The van der Waals surface area contributed by atoms with Crippen LogP contribution in [0, 0.1) is 0 Å². The van der Waals surface area contributed by atoms with Gasteiger partial charge in [0, 0.05) is 45.5 Å². The maximum absolute atomic E-state index is 12.4. The fourth-order valence-electron chi connectivity index (χ4n) is 3.70. The van der Waals surface area contributed by atoms with Crippen LogP contribution in [0.5, 0.6) is 0 Å². The number of fused-ring (bicyclic) bond motifs is 1. The Balaban J connectivity index is 1.50. The van der Waals surface area contributed by atoms with Crippen LogP contribution in [0.2, 0.25) is 5.02 Å². The predicted octanol–water partition coefficient (Wildman–Crippen LogP) is 4.88. The van der Waals surface area contributed by atoms with Crippen LogP contribution < -0.4 is 5.56 Å². The highest BCUT2D eigenvalue weighted by Crippen LogP contribution is 2.30. The van der Waals surface area contributed by atoms with Gasteiger partial charge in [-0.15, -0.1) is 0 Å². The van der Waals surface area contributed by atoms with Crippen LogP contribution in [0.25, 0.3) is 22.0 Å². The van der Waals surface area contributed by atoms with Gasteiger partial charge in [-0.1, -0.05) is 29.8 Å². The molecule has 1 aliphatic heterocycles. The minimum atomic E-state index is -0.114. The first-order valence-electron chi connectivity index (χ1n) is 9.52. The number of hydrogen-bond acceptors (Lipinski definition) is 4. The van der Waals surface area contributed by atoms with Gasteiger partial charge in [-0.2, -0.15) is 0 Å². The molecule has 1 fully saturated rings. The van der Waals surface area contributed by atoms with E-state index in [2.05, 4.69) is 52.5 Å². The zero-order valence-corrected chi connectivity index (χ0v) is 17.7. The van der Waals surface area contributed by atoms with Gasteiger partial charge in [0.1, 0.15) is 0 Å². The van der Waals surface area contributed by atoms with Gasteiger partial charge in [-0.05, 0) is 74.8 Å². The van der Waals surface area contributed by atoms with Crippen LogP contribution >= 0.6 is 23.5 Å². The van der Waals surface area contributed by atoms with Crippen molar-refractivity contribution in [1.82, 2.24) is 14.2 Å². The van der Waals surface area contributed by atoms with Crippen molar-refractivity contribution in [2.24, 2.45) is 0 Å². The van der Waals surface area contributed by atoms with Crippen LogP contribution in [0.4, 0.5) is 0 Å². The van der Waals surface area contributed by atoms with Crippen molar-refractivity contribution in [3.63, 3.8) is 0 Å². The Kier molecular flexibility index (Phi) is 5.78. The van der Waals surface area contributed by atoms with Gasteiger partial charge in [0.2, 0.25) is 0 Å². The summed E-state index contributed by atoms with van der Waals surface area (Å²) in [6.45, 7) is 2.21. The van der Waals surface area contributed by atoms with Gasteiger partial charge in [-0.3, -0.25) is 4.79 Å². The lowest BCUT2D eigenvalue weighted by atomic mass is 10.1. The van der Waals surface area contributed by atoms with Gasteiger partial charge in [0.15, 0.2) is 0 Å². The quantitative estimate of drug-likeness (QED) is 0.618. The molecule has 6 heteroatoms. The molecule has 0 bridgehead atoms. The number of rotatable bonds is 4. The smallest absolute Gasteiger partial charge is 0.256 e. The molecule has 1 aromatic heterocycles. The molecule has 0 radical (unpaired) electrons. The number of benzene rings is 2. The summed E-state index contributed by atoms with van der Waals surface area (Å²) >= 11 is 8.10. The highest BCUT2D eigenvalue weighted by molar-refractivity contribution is 7.97. The molecular formula is C22H24ClN3OS. The van der Waals surface area contributed by atoms with E-state index in [0.717, 1.165) is 29.7 Å². The molecular weight excluding hydrogens is 390 g/mol. The lowest BCUT2D eigenvalue weighted by Gasteiger charge is -2.34. The van der Waals surface area contributed by atoms with E-state index in [1.807, 2.05) is 24.1 Å². The van der Waals surface area contributed by atoms with Crippen LogP contribution in [0.1, 0.15) is 12.8 Å². The van der Waals surface area contributed by atoms with Gasteiger partial charge in [0.05, 0.1) is 0 Å². The first kappa shape index (κ1) is 19.5. The molecule has 1 aliphatic rings. The number of piperidine rings is 1. The fraction of sp³-hybridized carbons (Fsp3) is 0.318. The van der Waals surface area contributed by atoms with E-state index in [0.29, 0.717) is 16.5 Å². The molecule has 28 heavy (non-hydrogen) atoms. The number of aromatic nitrogens is 1. The summed E-state index contributed by atoms with van der Waals surface area (Å²) in [4.78, 5) is 18.9. The highest BCUT2D eigenvalue weighted by atomic mass is 35.5. The van der Waals surface area contributed by atoms with Crippen LogP contribution in [0.15, 0.2) is 58.2 Å². The number of pyridine rings is 1. The molecule has 1 saturated heterocycles. The van der Waals surface area contributed by atoms with Crippen LogP contribution in [-0.2, 0) is 0 Å². The summed E-state index contributed by atoms with van der Waals surface area (Å²) in [7, 11) is 4.33. The first-order valence-corrected chi connectivity index (χ1v) is 10.7. The number of hydrogen-bond donors (Lipinski definition) is 1. The van der Waals surface area contributed by atoms with Gasteiger partial charge < -0.3 is 9.88 Å². The van der Waals surface area contributed by atoms with E-state index in [1.54, 1.807) is 12.1 Å². The Bertz CT molecular complexity index is 1020. The molecule has 2 heterocycles. The first-order chi connectivity index (χ1) is 13.5. The van der Waals surface area contributed by atoms with E-state index in [4.69, 9.17) is 11.6 Å². The molecule has 1 N–H and O–H groups in total. The molecule has 0 amide bonds. The summed E-state index contributed by atoms with van der Waals surface area (Å²) in [5.41, 5.74) is 1.65. The molecule has 0 atom stereocenters. The summed E-state index contributed by atoms with van der Waals surface area (Å²) in [5.74, 6) is 0. The van der Waals surface area contributed by atoms with Crippen molar-refractivity contribution in [1.29, 1.82) is 0 Å². The highest BCUT2D eigenvalue weighted by Gasteiger charge is 2.21. The average Bonchev–Trinajstić information content (AvgIpc) is 2.70. The molecule has 2 aromatic carbocycles. The molecule has 4 rings (SSSR count). The number of nitrogens with zero attached hydrogens (tertiary/aromatic N) is 2. The van der Waals surface area contributed by atoms with E-state index >= 15 is 0 Å². The molecule has 0 unspecified atom stereocenters. The molecule has 146 valence electrons. The van der Waals surface area contributed by atoms with Gasteiger partial charge in [0.25, 0.3) is 5.56 Å². The van der Waals surface area contributed by atoms with E-state index < -0.39 is 0 Å². The average molecular weight is 414 g/mol. The second-order valence-electron chi connectivity index (χ2n) is 7.45. The van der Waals surface area contributed by atoms with Crippen molar-refractivity contribution in [3.8, 4) is 11.3 Å². The van der Waals surface area contributed by atoms with Crippen molar-refractivity contribution in [3.05, 3.63) is 63.9 Å². The maximum Gasteiger partial charge on any atom is 0.256 e. The zero-order valence-electron chi connectivity index (χ0n) is 16.1. The van der Waals surface area contributed by atoms with Crippen molar-refractivity contribution in [2.45, 2.75) is 23.8 Å². The predicted molar refractivity (Wildman–Crippen MR) is 119 cm³/mol. The number of aromatic amines is 1. The third-order valence-corrected chi connectivity index (χ3v) is 6.82. The minimum absolute atomic E-state index is 0.114. The standard InChI is InChI=1S/C22H24ClN3OS/c1-25(2)16-10-12-26(13-11-16)28-17-8-6-15(7-9-17)21-14-19-18(22(27)24-21)4-3-5-20(19)23/h3-9,14,16H,10-13H2,1-2H3,(H,24,27). The Morgan fingerprint density at radius 3 is 2.46 bits per heavy atom. The molecule has 3 aromatic rings. The molecule has 4 nitrogen and oxygen atoms in total. The Morgan fingerprint density at radius 1 is 1.07 bits per heavy atom. The molecule has 0 aliphatic carbocycles. The van der Waals surface area contributed by atoms with Crippen LogP contribution in [-0.4, -0.2) is 47.4 Å². The SMILES string of the molecule is CN(C)C1CCN(Sc2ccc(-c3cc4c(Cl)cccc4c(=O)[nH]3)cc2)CC1. The molecule has 0 saturated carbocycles. The third-order valence-electron chi connectivity index (χ3n) is 5.39. The normalized spacial score (nSPS) is 16.1. The van der Waals surface area contributed by atoms with E-state index in [1.165, 1.54) is 17.7 Å². The number of nitrogens with one attached hydrogen (secondary N) is 1. The second kappa shape index (κ2) is 8.29. The Labute approximate surface area is 174 Å². The number of H-pyrrole nitrogens is 1. The maximum atomic E-state index is 12.4. The summed E-state index contributed by atoms with van der Waals surface area (Å²) < 4.78 is 2.44. The lowest BCUT2D eigenvalue weighted by molar-refractivity contribution is 0.203. The monoisotopic (exact) mass is 413 g/mol. The zero-order chi connectivity index (χ0) is 19.7. The molecule has 0 spiro atoms. The van der Waals surface area contributed by atoms with Gasteiger partial charge >= 0.3 is 0 Å². The van der Waals surface area contributed by atoms with E-state index in [9.17, 15) is 4.79 Å².